The number of quaternary nitrogens is 1. The lowest BCUT2D eigenvalue weighted by molar-refractivity contribution is -0.995. The van der Waals surface area contributed by atoms with Gasteiger partial charge >= 0.3 is 12.1 Å². The lowest BCUT2D eigenvalue weighted by atomic mass is 10.2. The van der Waals surface area contributed by atoms with Crippen molar-refractivity contribution in [3.63, 3.8) is 0 Å². The molecule has 0 bridgehead atoms. The van der Waals surface area contributed by atoms with Crippen LogP contribution in [0.3, 0.4) is 0 Å². The predicted molar refractivity (Wildman–Crippen MR) is 78.4 cm³/mol. The average molecular weight is 338 g/mol. The molecular formula is C13H28N3O7+. The fraction of sp³-hybridized carbons (Fsp3) is 0.846. The second kappa shape index (κ2) is 10.3. The summed E-state index contributed by atoms with van der Waals surface area (Å²) in [6.07, 6.45) is 0.0618. The zero-order valence-corrected chi connectivity index (χ0v) is 14.3. The first-order valence-electron chi connectivity index (χ1n) is 7.20. The summed E-state index contributed by atoms with van der Waals surface area (Å²) in [4.78, 5) is 30.4. The molecule has 0 aromatic heterocycles. The van der Waals surface area contributed by atoms with E-state index in [-0.39, 0.29) is 6.04 Å². The van der Waals surface area contributed by atoms with Crippen LogP contribution in [0.5, 0.6) is 0 Å². The van der Waals surface area contributed by atoms with E-state index < -0.39 is 24.0 Å². The van der Waals surface area contributed by atoms with Gasteiger partial charge in [0.2, 0.25) is 6.29 Å². The Bertz CT molecular complexity index is 373. The molecule has 1 fully saturated rings. The van der Waals surface area contributed by atoms with E-state index >= 15 is 0 Å². The summed E-state index contributed by atoms with van der Waals surface area (Å²) >= 11 is 0. The van der Waals surface area contributed by atoms with Crippen molar-refractivity contribution in [1.82, 2.24) is 5.01 Å². The van der Waals surface area contributed by atoms with Crippen LogP contribution in [0, 0.1) is 0 Å². The third-order valence-corrected chi connectivity index (χ3v) is 2.66. The Kier molecular flexibility index (Phi) is 9.68. The van der Waals surface area contributed by atoms with Crippen LogP contribution in [0.25, 0.3) is 0 Å². The Morgan fingerprint density at radius 2 is 2.00 bits per heavy atom. The van der Waals surface area contributed by atoms with Crippen LogP contribution in [0.2, 0.25) is 0 Å². The van der Waals surface area contributed by atoms with Crippen molar-refractivity contribution in [3.05, 3.63) is 0 Å². The SMILES string of the molecule is CC(ON)OC(=O)OC(C)(C)C.CO[NH2+]N1CCCC1C(=O)O. The molecule has 1 saturated heterocycles. The molecular weight excluding hydrogens is 310 g/mol. The molecule has 0 aromatic carbocycles. The van der Waals surface area contributed by atoms with Crippen LogP contribution < -0.4 is 11.5 Å². The van der Waals surface area contributed by atoms with E-state index in [1.54, 1.807) is 25.8 Å². The van der Waals surface area contributed by atoms with Crippen LogP contribution in [0.15, 0.2) is 0 Å². The molecule has 2 atom stereocenters. The van der Waals surface area contributed by atoms with Crippen LogP contribution >= 0.6 is 0 Å². The van der Waals surface area contributed by atoms with Gasteiger partial charge in [0, 0.05) is 0 Å². The van der Waals surface area contributed by atoms with Crippen molar-refractivity contribution < 1.29 is 39.4 Å². The van der Waals surface area contributed by atoms with Gasteiger partial charge in [-0.25, -0.2) is 10.7 Å². The zero-order chi connectivity index (χ0) is 18.0. The maximum Gasteiger partial charge on any atom is 0.511 e. The van der Waals surface area contributed by atoms with Gasteiger partial charge in [-0.3, -0.25) is 9.63 Å². The van der Waals surface area contributed by atoms with Gasteiger partial charge in [-0.05, 0) is 40.5 Å². The number of rotatable bonds is 5. The third-order valence-electron chi connectivity index (χ3n) is 2.66. The first-order valence-corrected chi connectivity index (χ1v) is 7.20. The number of aliphatic carboxylic acids is 1. The van der Waals surface area contributed by atoms with E-state index in [4.69, 9.17) is 20.6 Å². The van der Waals surface area contributed by atoms with Crippen LogP contribution in [-0.4, -0.2) is 53.8 Å². The fourth-order valence-electron chi connectivity index (χ4n) is 1.75. The molecule has 23 heavy (non-hydrogen) atoms. The molecule has 1 aliphatic heterocycles. The minimum absolute atomic E-state index is 0.380. The number of carbonyl (C=O) groups excluding carboxylic acids is 1. The van der Waals surface area contributed by atoms with Gasteiger partial charge in [-0.2, -0.15) is 4.84 Å². The van der Waals surface area contributed by atoms with Crippen molar-refractivity contribution in [2.45, 2.75) is 58.5 Å². The first kappa shape index (κ1) is 21.5. The Morgan fingerprint density at radius 1 is 1.39 bits per heavy atom. The summed E-state index contributed by atoms with van der Waals surface area (Å²) in [7, 11) is 1.53. The number of hydrogen-bond acceptors (Lipinski definition) is 8. The smallest absolute Gasteiger partial charge is 0.480 e. The van der Waals surface area contributed by atoms with Crippen LogP contribution in [0.1, 0.15) is 40.5 Å². The van der Waals surface area contributed by atoms with Gasteiger partial charge in [0.15, 0.2) is 6.04 Å². The molecule has 1 heterocycles. The molecule has 136 valence electrons. The number of hydrogen-bond donors (Lipinski definition) is 3. The summed E-state index contributed by atoms with van der Waals surface area (Å²) in [5.74, 6) is 3.98. The molecule has 0 aromatic rings. The standard InChI is InChI=1S/C7H15NO4.C6H12N2O3/c1-5(12-8)10-6(9)11-7(2,3)4;1-11-7-8-4-2-3-5(8)6(9)10/h5H,8H2,1-4H3;5,7H,2-4H2,1H3,(H,9,10)/p+1. The van der Waals surface area contributed by atoms with E-state index in [9.17, 15) is 9.59 Å². The molecule has 5 N–H and O–H groups in total. The molecule has 0 aliphatic carbocycles. The quantitative estimate of drug-likeness (QED) is 0.268. The van der Waals surface area contributed by atoms with E-state index in [2.05, 4.69) is 9.57 Å². The zero-order valence-electron chi connectivity index (χ0n) is 14.3. The van der Waals surface area contributed by atoms with Crippen molar-refractivity contribution >= 4 is 12.1 Å². The highest BCUT2D eigenvalue weighted by Crippen LogP contribution is 2.11. The predicted octanol–water partition coefficient (Wildman–Crippen LogP) is -0.250. The first-order chi connectivity index (χ1) is 10.6. The second-order valence-corrected chi connectivity index (χ2v) is 5.86. The highest BCUT2D eigenvalue weighted by molar-refractivity contribution is 5.73. The number of carboxylic acids is 1. The van der Waals surface area contributed by atoms with Gasteiger partial charge in [-0.15, -0.1) is 10.6 Å². The van der Waals surface area contributed by atoms with Gasteiger partial charge in [0.25, 0.3) is 0 Å². The molecule has 0 radical (unpaired) electrons. The Morgan fingerprint density at radius 3 is 2.43 bits per heavy atom. The molecule has 1 rings (SSSR count). The lowest BCUT2D eigenvalue weighted by Crippen LogP contribution is -2.93. The number of ether oxygens (including phenoxy) is 2. The molecule has 0 spiro atoms. The maximum atomic E-state index is 10.8. The highest BCUT2D eigenvalue weighted by atomic mass is 16.8. The van der Waals surface area contributed by atoms with Crippen LogP contribution in [-0.2, 0) is 23.9 Å². The van der Waals surface area contributed by atoms with E-state index in [1.807, 2.05) is 0 Å². The number of nitrogens with zero attached hydrogens (tertiary/aromatic N) is 1. The Balaban J connectivity index is 0.000000422. The summed E-state index contributed by atoms with van der Waals surface area (Å²) in [6, 6.07) is -0.380. The molecule has 10 nitrogen and oxygen atoms in total. The molecule has 0 amide bonds. The summed E-state index contributed by atoms with van der Waals surface area (Å²) < 4.78 is 9.38. The van der Waals surface area contributed by atoms with E-state index in [0.717, 1.165) is 19.4 Å². The van der Waals surface area contributed by atoms with Crippen LogP contribution in [0.4, 0.5) is 4.79 Å². The van der Waals surface area contributed by atoms with Gasteiger partial charge in [0.05, 0.1) is 13.7 Å². The number of carboxylic acid groups (broad SMARTS) is 1. The molecule has 10 heteroatoms. The van der Waals surface area contributed by atoms with Gasteiger partial charge in [0.1, 0.15) is 5.60 Å². The Labute approximate surface area is 135 Å². The summed E-state index contributed by atoms with van der Waals surface area (Å²) in [5.41, 5.74) is 0.914. The fourth-order valence-corrected chi connectivity index (χ4v) is 1.75. The molecule has 2 unspecified atom stereocenters. The lowest BCUT2D eigenvalue weighted by Gasteiger charge is -2.20. The highest BCUT2D eigenvalue weighted by Gasteiger charge is 2.33. The van der Waals surface area contributed by atoms with Crippen molar-refractivity contribution in [2.75, 3.05) is 13.7 Å². The molecule has 0 saturated carbocycles. The number of carbonyl (C=O) groups is 2. The average Bonchev–Trinajstić information content (AvgIpc) is 2.86. The van der Waals surface area contributed by atoms with Gasteiger partial charge in [-0.1, -0.05) is 0 Å². The minimum atomic E-state index is -0.792. The topological polar surface area (TPSA) is 137 Å². The van der Waals surface area contributed by atoms with Crippen molar-refractivity contribution in [1.29, 1.82) is 0 Å². The normalized spacial score (nSPS) is 19.5. The van der Waals surface area contributed by atoms with E-state index in [1.165, 1.54) is 19.6 Å². The summed E-state index contributed by atoms with van der Waals surface area (Å²) in [5, 5.41) is 10.4. The van der Waals surface area contributed by atoms with Crippen molar-refractivity contribution in [2.24, 2.45) is 5.90 Å². The summed E-state index contributed by atoms with van der Waals surface area (Å²) in [6.45, 7) is 7.49. The minimum Gasteiger partial charge on any atom is -0.480 e. The maximum absolute atomic E-state index is 10.8. The monoisotopic (exact) mass is 338 g/mol. The van der Waals surface area contributed by atoms with Crippen molar-refractivity contribution in [3.8, 4) is 0 Å². The number of nitrogens with two attached hydrogens (primary N) is 2. The second-order valence-electron chi connectivity index (χ2n) is 5.86. The third kappa shape index (κ3) is 10.0. The Hall–Kier alpha value is -1.46. The van der Waals surface area contributed by atoms with Gasteiger partial charge < -0.3 is 14.6 Å². The van der Waals surface area contributed by atoms with E-state index in [0.29, 0.717) is 0 Å². The largest absolute Gasteiger partial charge is 0.511 e. The molecule has 1 aliphatic rings.